The third-order valence-corrected chi connectivity index (χ3v) is 13.3. The molecule has 2 aliphatic carbocycles. The summed E-state index contributed by atoms with van der Waals surface area (Å²) in [4.78, 5) is 2.49. The highest BCUT2D eigenvalue weighted by molar-refractivity contribution is 7.25. The van der Waals surface area contributed by atoms with Gasteiger partial charge in [-0.3, -0.25) is 0 Å². The van der Waals surface area contributed by atoms with Crippen molar-refractivity contribution in [2.24, 2.45) is 0 Å². The van der Waals surface area contributed by atoms with Crippen molar-refractivity contribution < 1.29 is 0 Å². The molecule has 1 nitrogen and oxygen atoms in total. The van der Waals surface area contributed by atoms with Crippen LogP contribution in [0.25, 0.3) is 42.4 Å². The molecule has 2 aliphatic rings. The second-order valence-corrected chi connectivity index (χ2v) is 16.4. The number of nitrogens with zero attached hydrogens (tertiary/aromatic N) is 1. The first-order chi connectivity index (χ1) is 26.5. The summed E-state index contributed by atoms with van der Waals surface area (Å²) in [5, 5.41) is 2.60. The summed E-state index contributed by atoms with van der Waals surface area (Å²) in [6.07, 6.45) is 0. The molecule has 0 amide bonds. The zero-order valence-corrected chi connectivity index (χ0v) is 31.1. The van der Waals surface area contributed by atoms with E-state index in [4.69, 9.17) is 0 Å². The quantitative estimate of drug-likeness (QED) is 0.172. The summed E-state index contributed by atoms with van der Waals surface area (Å²) >= 11 is 1.87. The standard InChI is InChI=1S/C52H37NS/c1-51(2)45-22-12-9-20-40(45)43-31-36(26-29-46(43)51)53(37-27-30-50-44(32-37)42-21-11-14-24-49(42)54-50)38-25-28-41-39-19-10-13-23-47(39)52(48(41)33-38,34-15-5-3-6-16-34)35-17-7-4-8-18-35/h3-33H,1-2H3. The molecule has 0 fully saturated rings. The van der Waals surface area contributed by atoms with Crippen molar-refractivity contribution in [3.63, 3.8) is 0 Å². The molecule has 0 unspecified atom stereocenters. The monoisotopic (exact) mass is 707 g/mol. The fraction of sp³-hybridized carbons (Fsp3) is 0.0769. The van der Waals surface area contributed by atoms with E-state index in [1.54, 1.807) is 0 Å². The SMILES string of the molecule is CC1(C)c2ccccc2-c2cc(N(c3ccc4c(c3)C(c3ccccc3)(c3ccccc3)c3ccccc3-4)c3ccc4sc5ccccc5c4c3)ccc21. The number of thiophene rings is 1. The van der Waals surface area contributed by atoms with E-state index in [0.29, 0.717) is 0 Å². The average molecular weight is 708 g/mol. The van der Waals surface area contributed by atoms with Crippen LogP contribution in [0.15, 0.2) is 188 Å². The lowest BCUT2D eigenvalue weighted by Gasteiger charge is -2.35. The summed E-state index contributed by atoms with van der Waals surface area (Å²) < 4.78 is 2.62. The first-order valence-electron chi connectivity index (χ1n) is 18.8. The van der Waals surface area contributed by atoms with Crippen molar-refractivity contribution in [3.05, 3.63) is 221 Å². The molecule has 0 atom stereocenters. The number of hydrogen-bond donors (Lipinski definition) is 0. The Morgan fingerprint density at radius 2 is 0.889 bits per heavy atom. The van der Waals surface area contributed by atoms with E-state index < -0.39 is 5.41 Å². The molecule has 0 saturated carbocycles. The van der Waals surface area contributed by atoms with E-state index in [9.17, 15) is 0 Å². The molecule has 0 aliphatic heterocycles. The van der Waals surface area contributed by atoms with Crippen LogP contribution in [0.1, 0.15) is 47.2 Å². The van der Waals surface area contributed by atoms with E-state index in [-0.39, 0.29) is 5.41 Å². The van der Waals surface area contributed by atoms with E-state index in [0.717, 1.165) is 17.1 Å². The highest BCUT2D eigenvalue weighted by atomic mass is 32.1. The summed E-state index contributed by atoms with van der Waals surface area (Å²) in [6, 6.07) is 70.3. The van der Waals surface area contributed by atoms with Gasteiger partial charge in [0.1, 0.15) is 0 Å². The molecule has 256 valence electrons. The lowest BCUT2D eigenvalue weighted by molar-refractivity contribution is 0.660. The molecule has 0 radical (unpaired) electrons. The molecule has 54 heavy (non-hydrogen) atoms. The summed E-state index contributed by atoms with van der Waals surface area (Å²) in [5.74, 6) is 0. The highest BCUT2D eigenvalue weighted by Gasteiger charge is 2.46. The van der Waals surface area contributed by atoms with Crippen LogP contribution in [-0.2, 0) is 10.8 Å². The van der Waals surface area contributed by atoms with E-state index in [1.165, 1.54) is 75.8 Å². The molecule has 8 aromatic carbocycles. The van der Waals surface area contributed by atoms with Crippen molar-refractivity contribution in [3.8, 4) is 22.3 Å². The van der Waals surface area contributed by atoms with Crippen LogP contribution in [0.2, 0.25) is 0 Å². The van der Waals surface area contributed by atoms with Gasteiger partial charge in [-0.25, -0.2) is 0 Å². The van der Waals surface area contributed by atoms with E-state index >= 15 is 0 Å². The molecule has 2 heteroatoms. The van der Waals surface area contributed by atoms with Gasteiger partial charge >= 0.3 is 0 Å². The van der Waals surface area contributed by atoms with Gasteiger partial charge in [0.15, 0.2) is 0 Å². The van der Waals surface area contributed by atoms with Gasteiger partial charge in [-0.2, -0.15) is 0 Å². The summed E-state index contributed by atoms with van der Waals surface area (Å²) in [6.45, 7) is 4.71. The maximum atomic E-state index is 2.49. The Balaban J connectivity index is 1.20. The second kappa shape index (κ2) is 11.6. The highest BCUT2D eigenvalue weighted by Crippen LogP contribution is 2.58. The molecule has 0 bridgehead atoms. The Morgan fingerprint density at radius 1 is 0.370 bits per heavy atom. The maximum absolute atomic E-state index is 2.49. The number of fused-ring (bicyclic) bond motifs is 9. The second-order valence-electron chi connectivity index (χ2n) is 15.3. The molecule has 0 N–H and O–H groups in total. The minimum atomic E-state index is -0.482. The molecule has 1 heterocycles. The Morgan fingerprint density at radius 3 is 1.65 bits per heavy atom. The molecule has 11 rings (SSSR count). The van der Waals surface area contributed by atoms with Gasteiger partial charge < -0.3 is 4.90 Å². The van der Waals surface area contributed by atoms with Gasteiger partial charge in [0.25, 0.3) is 0 Å². The van der Waals surface area contributed by atoms with E-state index in [1.807, 2.05) is 11.3 Å². The van der Waals surface area contributed by atoms with Gasteiger partial charge in [0, 0.05) is 42.6 Å². The van der Waals surface area contributed by atoms with Gasteiger partial charge in [-0.1, -0.05) is 153 Å². The van der Waals surface area contributed by atoms with Crippen LogP contribution < -0.4 is 4.90 Å². The third kappa shape index (κ3) is 4.32. The topological polar surface area (TPSA) is 3.24 Å². The summed E-state index contributed by atoms with van der Waals surface area (Å²) in [7, 11) is 0. The number of anilines is 3. The average Bonchev–Trinajstić information content (AvgIpc) is 3.82. The van der Waals surface area contributed by atoms with Gasteiger partial charge in [0.05, 0.1) is 5.41 Å². The Hall–Kier alpha value is -6.22. The first kappa shape index (κ1) is 31.3. The fourth-order valence-corrected chi connectivity index (χ4v) is 10.8. The Labute approximate surface area is 320 Å². The van der Waals surface area contributed by atoms with Crippen molar-refractivity contribution in [1.82, 2.24) is 0 Å². The van der Waals surface area contributed by atoms with Crippen LogP contribution in [-0.4, -0.2) is 0 Å². The largest absolute Gasteiger partial charge is 0.310 e. The molecule has 0 saturated heterocycles. The zero-order chi connectivity index (χ0) is 36.0. The third-order valence-electron chi connectivity index (χ3n) is 12.1. The first-order valence-corrected chi connectivity index (χ1v) is 19.7. The van der Waals surface area contributed by atoms with Gasteiger partial charge in [-0.15, -0.1) is 11.3 Å². The summed E-state index contributed by atoms with van der Waals surface area (Å²) in [5.41, 5.74) is 16.1. The van der Waals surface area contributed by atoms with Crippen molar-refractivity contribution in [1.29, 1.82) is 0 Å². The molecule has 9 aromatic rings. The lowest BCUT2D eigenvalue weighted by atomic mass is 9.67. The van der Waals surface area contributed by atoms with Crippen LogP contribution in [0.3, 0.4) is 0 Å². The number of hydrogen-bond acceptors (Lipinski definition) is 2. The van der Waals surface area contributed by atoms with E-state index in [2.05, 4.69) is 207 Å². The number of benzene rings is 8. The van der Waals surface area contributed by atoms with Gasteiger partial charge in [0.2, 0.25) is 0 Å². The fourth-order valence-electron chi connectivity index (χ4n) is 9.72. The minimum absolute atomic E-state index is 0.0614. The van der Waals surface area contributed by atoms with Crippen molar-refractivity contribution >= 4 is 48.6 Å². The Kier molecular flexibility index (Phi) is 6.75. The van der Waals surface area contributed by atoms with Gasteiger partial charge in [-0.05, 0) is 104 Å². The number of rotatable bonds is 5. The normalized spacial score (nSPS) is 14.4. The Bertz CT molecular complexity index is 2880. The molecule has 0 spiro atoms. The zero-order valence-electron chi connectivity index (χ0n) is 30.3. The minimum Gasteiger partial charge on any atom is -0.310 e. The van der Waals surface area contributed by atoms with Crippen LogP contribution >= 0.6 is 11.3 Å². The van der Waals surface area contributed by atoms with Crippen molar-refractivity contribution in [2.75, 3.05) is 4.90 Å². The predicted octanol–water partition coefficient (Wildman–Crippen LogP) is 14.2. The molecule has 1 aromatic heterocycles. The molecular formula is C52H37NS. The van der Waals surface area contributed by atoms with Crippen LogP contribution in [0.4, 0.5) is 17.1 Å². The van der Waals surface area contributed by atoms with Crippen LogP contribution in [0, 0.1) is 0 Å². The molecular weight excluding hydrogens is 671 g/mol. The maximum Gasteiger partial charge on any atom is 0.0714 e. The predicted molar refractivity (Wildman–Crippen MR) is 229 cm³/mol. The lowest BCUT2D eigenvalue weighted by Crippen LogP contribution is -2.28. The smallest absolute Gasteiger partial charge is 0.0714 e. The van der Waals surface area contributed by atoms with Crippen LogP contribution in [0.5, 0.6) is 0 Å². The van der Waals surface area contributed by atoms with Crippen molar-refractivity contribution in [2.45, 2.75) is 24.7 Å².